The number of benzene rings is 2. The van der Waals surface area contributed by atoms with Gasteiger partial charge in [0.2, 0.25) is 0 Å². The predicted octanol–water partition coefficient (Wildman–Crippen LogP) is 6.17. The van der Waals surface area contributed by atoms with Crippen molar-refractivity contribution in [1.29, 1.82) is 0 Å². The summed E-state index contributed by atoms with van der Waals surface area (Å²) in [5.74, 6) is 0.573. The van der Waals surface area contributed by atoms with Crippen molar-refractivity contribution in [2.45, 2.75) is 30.6 Å². The van der Waals surface area contributed by atoms with Gasteiger partial charge < -0.3 is 13.7 Å². The fourth-order valence-electron chi connectivity index (χ4n) is 3.26. The van der Waals surface area contributed by atoms with Crippen molar-refractivity contribution in [1.82, 2.24) is 9.55 Å². The number of hydrogen-bond acceptors (Lipinski definition) is 5. The summed E-state index contributed by atoms with van der Waals surface area (Å²) in [5.41, 5.74) is 1.61. The second-order valence-electron chi connectivity index (χ2n) is 6.97. The van der Waals surface area contributed by atoms with Gasteiger partial charge in [-0.1, -0.05) is 30.0 Å². The number of aromatic nitrogens is 2. The molecule has 2 aromatic carbocycles. The number of alkyl halides is 3. The van der Waals surface area contributed by atoms with Crippen LogP contribution < -0.4 is 0 Å². The van der Waals surface area contributed by atoms with Crippen LogP contribution in [0.5, 0.6) is 0 Å². The molecule has 0 saturated carbocycles. The largest absolute Gasteiger partial charge is 0.467 e. The molecule has 0 aliphatic heterocycles. The Hall–Kier alpha value is -3.20. The predicted molar refractivity (Wildman–Crippen MR) is 115 cm³/mol. The standard InChI is InChI=1S/C23H19F3N2O3S/c1-2-30-21(29)16-8-9-20-19(12-16)27-22(28(20)13-18-7-4-10-31-18)32-14-15-5-3-6-17(11-15)23(24,25)26/h3-12H,2,13-14H2,1H3. The molecule has 9 heteroatoms. The molecule has 0 fully saturated rings. The molecule has 0 bridgehead atoms. The number of fused-ring (bicyclic) bond motifs is 1. The van der Waals surface area contributed by atoms with Crippen LogP contribution in [0.15, 0.2) is 70.4 Å². The summed E-state index contributed by atoms with van der Waals surface area (Å²) in [7, 11) is 0. The zero-order valence-electron chi connectivity index (χ0n) is 17.1. The van der Waals surface area contributed by atoms with Crippen LogP contribution in [0, 0.1) is 0 Å². The lowest BCUT2D eigenvalue weighted by Crippen LogP contribution is -2.05. The Morgan fingerprint density at radius 3 is 2.72 bits per heavy atom. The highest BCUT2D eigenvalue weighted by atomic mass is 32.2. The highest BCUT2D eigenvalue weighted by Gasteiger charge is 2.30. The first-order chi connectivity index (χ1) is 15.3. The van der Waals surface area contributed by atoms with Crippen molar-refractivity contribution in [2.75, 3.05) is 6.61 Å². The minimum absolute atomic E-state index is 0.266. The first kappa shape index (κ1) is 22.0. The number of hydrogen-bond donors (Lipinski definition) is 0. The van der Waals surface area contributed by atoms with E-state index in [1.165, 1.54) is 17.8 Å². The van der Waals surface area contributed by atoms with Gasteiger partial charge in [-0.25, -0.2) is 9.78 Å². The molecule has 32 heavy (non-hydrogen) atoms. The maximum atomic E-state index is 13.0. The quantitative estimate of drug-likeness (QED) is 0.244. The van der Waals surface area contributed by atoms with E-state index in [4.69, 9.17) is 9.15 Å². The van der Waals surface area contributed by atoms with Crippen LogP contribution >= 0.6 is 11.8 Å². The van der Waals surface area contributed by atoms with E-state index in [9.17, 15) is 18.0 Å². The van der Waals surface area contributed by atoms with Gasteiger partial charge in [-0.3, -0.25) is 0 Å². The van der Waals surface area contributed by atoms with E-state index in [0.29, 0.717) is 39.9 Å². The number of rotatable bonds is 7. The highest BCUT2D eigenvalue weighted by Crippen LogP contribution is 2.32. The molecule has 2 heterocycles. The second kappa shape index (κ2) is 9.12. The number of halogens is 3. The van der Waals surface area contributed by atoms with Crippen LogP contribution in [0.4, 0.5) is 13.2 Å². The SMILES string of the molecule is CCOC(=O)c1ccc2c(c1)nc(SCc1cccc(C(F)(F)F)c1)n2Cc1ccco1. The summed E-state index contributed by atoms with van der Waals surface area (Å²) in [4.78, 5) is 16.7. The van der Waals surface area contributed by atoms with Crippen LogP contribution in [-0.4, -0.2) is 22.1 Å². The molecule has 4 aromatic rings. The van der Waals surface area contributed by atoms with Crippen LogP contribution in [0.1, 0.15) is 34.2 Å². The second-order valence-corrected chi connectivity index (χ2v) is 7.91. The lowest BCUT2D eigenvalue weighted by Gasteiger charge is -2.10. The van der Waals surface area contributed by atoms with E-state index in [1.54, 1.807) is 43.5 Å². The maximum Gasteiger partial charge on any atom is 0.416 e. The molecule has 0 aliphatic rings. The summed E-state index contributed by atoms with van der Waals surface area (Å²) < 4.78 is 51.5. The molecule has 0 amide bonds. The summed E-state index contributed by atoms with van der Waals surface area (Å²) in [6.07, 6.45) is -2.82. The molecular formula is C23H19F3N2O3S. The summed E-state index contributed by atoms with van der Waals surface area (Å²) in [5, 5.41) is 0.606. The molecule has 0 spiro atoms. The Morgan fingerprint density at radius 2 is 2.00 bits per heavy atom. The first-order valence-corrected chi connectivity index (χ1v) is 10.8. The number of thioether (sulfide) groups is 1. The van der Waals surface area contributed by atoms with Crippen molar-refractivity contribution < 1.29 is 27.1 Å². The molecule has 2 aromatic heterocycles. The first-order valence-electron chi connectivity index (χ1n) is 9.84. The average molecular weight is 460 g/mol. The summed E-state index contributed by atoms with van der Waals surface area (Å²) in [6.45, 7) is 2.39. The molecule has 0 saturated heterocycles. The number of carbonyl (C=O) groups excluding carboxylic acids is 1. The van der Waals surface area contributed by atoms with E-state index >= 15 is 0 Å². The van der Waals surface area contributed by atoms with Crippen LogP contribution in [0.2, 0.25) is 0 Å². The van der Waals surface area contributed by atoms with E-state index < -0.39 is 17.7 Å². The smallest absolute Gasteiger partial charge is 0.416 e. The van der Waals surface area contributed by atoms with Crippen LogP contribution in [0.25, 0.3) is 11.0 Å². The van der Waals surface area contributed by atoms with E-state index in [1.807, 2.05) is 10.6 Å². The molecule has 0 radical (unpaired) electrons. The van der Waals surface area contributed by atoms with Gasteiger partial charge in [0.1, 0.15) is 5.76 Å². The van der Waals surface area contributed by atoms with Gasteiger partial charge in [0, 0.05) is 5.75 Å². The molecular weight excluding hydrogens is 441 g/mol. The number of imidazole rings is 1. The van der Waals surface area contributed by atoms with E-state index in [2.05, 4.69) is 4.98 Å². The van der Waals surface area contributed by atoms with Gasteiger partial charge in [0.15, 0.2) is 5.16 Å². The Balaban J connectivity index is 1.66. The Labute approximate surface area is 186 Å². The van der Waals surface area contributed by atoms with Gasteiger partial charge in [0.25, 0.3) is 0 Å². The molecule has 4 rings (SSSR count). The minimum Gasteiger partial charge on any atom is -0.467 e. The lowest BCUT2D eigenvalue weighted by molar-refractivity contribution is -0.137. The van der Waals surface area contributed by atoms with Gasteiger partial charge in [-0.15, -0.1) is 0 Å². The minimum atomic E-state index is -4.39. The zero-order chi connectivity index (χ0) is 22.7. The van der Waals surface area contributed by atoms with Crippen molar-refractivity contribution in [3.05, 3.63) is 83.3 Å². The Morgan fingerprint density at radius 1 is 1.16 bits per heavy atom. The number of carbonyl (C=O) groups is 1. The fraction of sp³-hybridized carbons (Fsp3) is 0.217. The Bertz CT molecular complexity index is 1230. The number of ether oxygens (including phenoxy) is 1. The molecule has 0 aliphatic carbocycles. The third-order valence-electron chi connectivity index (χ3n) is 4.74. The number of nitrogens with zero attached hydrogens (tertiary/aromatic N) is 2. The van der Waals surface area contributed by atoms with Crippen LogP contribution in [0.3, 0.4) is 0 Å². The summed E-state index contributed by atoms with van der Waals surface area (Å²) >= 11 is 1.32. The monoisotopic (exact) mass is 460 g/mol. The number of furan rings is 1. The van der Waals surface area contributed by atoms with Crippen molar-refractivity contribution in [2.24, 2.45) is 0 Å². The van der Waals surface area contributed by atoms with Gasteiger partial charge in [-0.2, -0.15) is 13.2 Å². The van der Waals surface area contributed by atoms with E-state index in [-0.39, 0.29) is 6.61 Å². The molecule has 0 atom stereocenters. The number of esters is 1. The molecule has 0 N–H and O–H groups in total. The van der Waals surface area contributed by atoms with E-state index in [0.717, 1.165) is 17.6 Å². The third-order valence-corrected chi connectivity index (χ3v) is 5.79. The third kappa shape index (κ3) is 4.83. The molecule has 166 valence electrons. The highest BCUT2D eigenvalue weighted by molar-refractivity contribution is 7.98. The topological polar surface area (TPSA) is 57.3 Å². The van der Waals surface area contributed by atoms with Gasteiger partial charge >= 0.3 is 12.1 Å². The average Bonchev–Trinajstić information content (AvgIpc) is 3.40. The van der Waals surface area contributed by atoms with Crippen LogP contribution in [-0.2, 0) is 23.2 Å². The fourth-order valence-corrected chi connectivity index (χ4v) is 4.21. The van der Waals surface area contributed by atoms with Gasteiger partial charge in [-0.05, 0) is 48.9 Å². The zero-order valence-corrected chi connectivity index (χ0v) is 17.9. The normalized spacial score (nSPS) is 11.8. The summed E-state index contributed by atoms with van der Waals surface area (Å²) in [6, 6.07) is 14.0. The maximum absolute atomic E-state index is 13.0. The van der Waals surface area contributed by atoms with Crippen molar-refractivity contribution >= 4 is 28.8 Å². The van der Waals surface area contributed by atoms with Crippen molar-refractivity contribution in [3.63, 3.8) is 0 Å². The lowest BCUT2D eigenvalue weighted by atomic mass is 10.1. The molecule has 5 nitrogen and oxygen atoms in total. The van der Waals surface area contributed by atoms with Gasteiger partial charge in [0.05, 0.1) is 41.6 Å². The molecule has 0 unspecified atom stereocenters. The Kier molecular flexibility index (Phi) is 6.27. The van der Waals surface area contributed by atoms with Crippen molar-refractivity contribution in [3.8, 4) is 0 Å².